The van der Waals surface area contributed by atoms with Crippen molar-refractivity contribution in [3.8, 4) is 17.1 Å². The van der Waals surface area contributed by atoms with E-state index in [0.29, 0.717) is 35.1 Å². The minimum absolute atomic E-state index is 0.148. The Labute approximate surface area is 192 Å². The van der Waals surface area contributed by atoms with Gasteiger partial charge in [-0.05, 0) is 62.6 Å². The summed E-state index contributed by atoms with van der Waals surface area (Å²) in [6, 6.07) is 5.96. The van der Waals surface area contributed by atoms with Crippen LogP contribution in [0.3, 0.4) is 0 Å². The van der Waals surface area contributed by atoms with Crippen molar-refractivity contribution in [2.75, 3.05) is 6.61 Å². The lowest BCUT2D eigenvalue weighted by atomic mass is 9.95. The number of aromatic nitrogens is 4. The fourth-order valence-electron chi connectivity index (χ4n) is 4.87. The Balaban J connectivity index is 1.70. The van der Waals surface area contributed by atoms with Gasteiger partial charge in [0.1, 0.15) is 17.1 Å². The summed E-state index contributed by atoms with van der Waals surface area (Å²) in [5.74, 6) is 1.02. The molecule has 9 heteroatoms. The molecule has 2 heterocycles. The van der Waals surface area contributed by atoms with Crippen molar-refractivity contribution in [2.45, 2.75) is 52.4 Å². The van der Waals surface area contributed by atoms with Gasteiger partial charge in [0.2, 0.25) is 5.91 Å². The first kappa shape index (κ1) is 23.0. The first-order valence-electron chi connectivity index (χ1n) is 11.6. The number of aryl methyl sites for hydroxylation is 2. The average Bonchev–Trinajstić information content (AvgIpc) is 3.39. The van der Waals surface area contributed by atoms with Gasteiger partial charge in [0.15, 0.2) is 5.52 Å². The molecule has 0 aliphatic heterocycles. The van der Waals surface area contributed by atoms with Crippen LogP contribution in [0.25, 0.3) is 22.4 Å². The first-order chi connectivity index (χ1) is 15.9. The van der Waals surface area contributed by atoms with Gasteiger partial charge >= 0.3 is 0 Å². The molecule has 1 aliphatic carbocycles. The summed E-state index contributed by atoms with van der Waals surface area (Å²) in [4.78, 5) is 32.4. The van der Waals surface area contributed by atoms with Crippen LogP contribution in [0.15, 0.2) is 23.0 Å². The van der Waals surface area contributed by atoms with E-state index >= 15 is 0 Å². The third-order valence-electron chi connectivity index (χ3n) is 6.39. The van der Waals surface area contributed by atoms with Crippen LogP contribution in [-0.4, -0.2) is 37.5 Å². The zero-order chi connectivity index (χ0) is 23.5. The monoisotopic (exact) mass is 453 g/mol. The maximum atomic E-state index is 12.9. The Morgan fingerprint density at radius 1 is 1.33 bits per heavy atom. The third kappa shape index (κ3) is 4.64. The van der Waals surface area contributed by atoms with Crippen molar-refractivity contribution >= 4 is 16.9 Å². The predicted octanol–water partition coefficient (Wildman–Crippen LogP) is 3.14. The molecule has 1 aromatic carbocycles. The molecule has 0 bridgehead atoms. The number of amides is 1. The molecule has 1 amide bonds. The van der Waals surface area contributed by atoms with Crippen molar-refractivity contribution < 1.29 is 14.7 Å². The molecule has 0 spiro atoms. The minimum atomic E-state index is -0.306. The molecule has 0 radical (unpaired) electrons. The number of ether oxygens (including phenoxy) is 1. The zero-order valence-corrected chi connectivity index (χ0v) is 19.4. The highest BCUT2D eigenvalue weighted by Crippen LogP contribution is 2.35. The number of hydroxylamine groups is 1. The van der Waals surface area contributed by atoms with Crippen molar-refractivity contribution in [1.82, 2.24) is 25.2 Å². The largest absolute Gasteiger partial charge is 0.493 e. The fourth-order valence-corrected chi connectivity index (χ4v) is 4.87. The molecule has 2 aromatic heterocycles. The van der Waals surface area contributed by atoms with Crippen LogP contribution < -0.4 is 15.8 Å². The molecule has 33 heavy (non-hydrogen) atoms. The number of nitrogens with zero attached hydrogens (tertiary/aromatic N) is 3. The van der Waals surface area contributed by atoms with Gasteiger partial charge in [-0.2, -0.15) is 5.10 Å². The summed E-state index contributed by atoms with van der Waals surface area (Å²) in [5.41, 5.74) is 5.28. The summed E-state index contributed by atoms with van der Waals surface area (Å²) in [7, 11) is 1.76. The molecule has 9 nitrogen and oxygen atoms in total. The number of hydrogen-bond acceptors (Lipinski definition) is 6. The van der Waals surface area contributed by atoms with Crippen LogP contribution in [0.1, 0.15) is 50.8 Å². The van der Waals surface area contributed by atoms with Gasteiger partial charge in [0, 0.05) is 13.0 Å². The highest BCUT2D eigenvalue weighted by Gasteiger charge is 2.30. The Bertz CT molecular complexity index is 1220. The lowest BCUT2D eigenvalue weighted by Gasteiger charge is -2.14. The molecule has 3 aromatic rings. The Hall–Kier alpha value is -3.20. The number of aromatic amines is 1. The van der Waals surface area contributed by atoms with E-state index in [0.717, 1.165) is 55.3 Å². The molecule has 1 saturated carbocycles. The topological polar surface area (TPSA) is 122 Å². The number of carbonyl (C=O) groups is 1. The third-order valence-corrected chi connectivity index (χ3v) is 6.39. The van der Waals surface area contributed by atoms with E-state index in [2.05, 4.69) is 17.0 Å². The van der Waals surface area contributed by atoms with Crippen LogP contribution in [0.2, 0.25) is 0 Å². The first-order valence-corrected chi connectivity index (χ1v) is 11.6. The van der Waals surface area contributed by atoms with Crippen LogP contribution in [0.4, 0.5) is 0 Å². The fraction of sp³-hybridized carbons (Fsp3) is 0.500. The van der Waals surface area contributed by atoms with E-state index in [9.17, 15) is 9.59 Å². The molecule has 4 rings (SSSR count). The predicted molar refractivity (Wildman–Crippen MR) is 124 cm³/mol. The Morgan fingerprint density at radius 3 is 2.88 bits per heavy atom. The van der Waals surface area contributed by atoms with Crippen LogP contribution in [-0.2, 0) is 24.7 Å². The van der Waals surface area contributed by atoms with E-state index in [-0.39, 0.29) is 17.4 Å². The number of hydrogen-bond donors (Lipinski definition) is 3. The number of benzene rings is 1. The molecule has 3 N–H and O–H groups in total. The van der Waals surface area contributed by atoms with Crippen molar-refractivity contribution in [3.05, 3.63) is 39.8 Å². The molecular formula is C24H31N5O4. The van der Waals surface area contributed by atoms with Crippen LogP contribution >= 0.6 is 0 Å². The standard InChI is InChI=1S/C24H31N5O4/c1-4-6-18-20-21(29(3)27-18)24(31)26-22(25-20)17-13-15(8-10-19(17)33-5-2)11-14-7-9-16(12-14)23(30)28-32/h8,10,13-14,16,32H,4-7,9,11-12H2,1-3H3,(H,28,30)(H,25,26,31)/t14-,16+/m1/s1. The van der Waals surface area contributed by atoms with Crippen molar-refractivity contribution in [2.24, 2.45) is 18.9 Å². The Morgan fingerprint density at radius 2 is 2.15 bits per heavy atom. The van der Waals surface area contributed by atoms with Gasteiger partial charge in [-0.25, -0.2) is 10.5 Å². The lowest BCUT2D eigenvalue weighted by molar-refractivity contribution is -0.133. The average molecular weight is 454 g/mol. The van der Waals surface area contributed by atoms with E-state index in [1.54, 1.807) is 17.2 Å². The summed E-state index contributed by atoms with van der Waals surface area (Å²) >= 11 is 0. The summed E-state index contributed by atoms with van der Waals surface area (Å²) in [5, 5.41) is 13.4. The molecule has 0 unspecified atom stereocenters. The van der Waals surface area contributed by atoms with E-state index < -0.39 is 0 Å². The van der Waals surface area contributed by atoms with Gasteiger partial charge < -0.3 is 9.72 Å². The number of carbonyl (C=O) groups excluding carboxylic acids is 1. The number of H-pyrrole nitrogens is 1. The Kier molecular flexibility index (Phi) is 6.78. The summed E-state index contributed by atoms with van der Waals surface area (Å²) in [6.45, 7) is 4.48. The molecule has 176 valence electrons. The molecular weight excluding hydrogens is 422 g/mol. The van der Waals surface area contributed by atoms with Crippen LogP contribution in [0, 0.1) is 11.8 Å². The van der Waals surface area contributed by atoms with Crippen molar-refractivity contribution in [3.63, 3.8) is 0 Å². The van der Waals surface area contributed by atoms with E-state index in [1.165, 1.54) is 0 Å². The van der Waals surface area contributed by atoms with E-state index in [4.69, 9.17) is 14.9 Å². The van der Waals surface area contributed by atoms with Gasteiger partial charge in [-0.1, -0.05) is 19.4 Å². The van der Waals surface area contributed by atoms with Gasteiger partial charge in [-0.3, -0.25) is 19.5 Å². The molecule has 1 aliphatic rings. The summed E-state index contributed by atoms with van der Waals surface area (Å²) < 4.78 is 7.44. The molecule has 2 atom stereocenters. The maximum absolute atomic E-state index is 12.9. The normalized spacial score (nSPS) is 18.1. The minimum Gasteiger partial charge on any atom is -0.493 e. The SMILES string of the molecule is CCCc1nn(C)c2c(=O)[nH]c(-c3cc(C[C@H]4CC[C@H](C(=O)NO)C4)ccc3OCC)nc12. The smallest absolute Gasteiger partial charge is 0.277 e. The quantitative estimate of drug-likeness (QED) is 0.356. The molecule has 0 saturated heterocycles. The molecule has 1 fully saturated rings. The van der Waals surface area contributed by atoms with Gasteiger partial charge in [0.05, 0.1) is 17.9 Å². The number of fused-ring (bicyclic) bond motifs is 1. The number of nitrogens with one attached hydrogen (secondary N) is 2. The van der Waals surface area contributed by atoms with Crippen molar-refractivity contribution in [1.29, 1.82) is 0 Å². The zero-order valence-electron chi connectivity index (χ0n) is 19.4. The van der Waals surface area contributed by atoms with Gasteiger partial charge in [-0.15, -0.1) is 0 Å². The highest BCUT2D eigenvalue weighted by atomic mass is 16.5. The second kappa shape index (κ2) is 9.74. The second-order valence-corrected chi connectivity index (χ2v) is 8.75. The van der Waals surface area contributed by atoms with Crippen LogP contribution in [0.5, 0.6) is 5.75 Å². The maximum Gasteiger partial charge on any atom is 0.277 e. The number of rotatable bonds is 8. The summed E-state index contributed by atoms with van der Waals surface area (Å²) in [6.07, 6.45) is 4.90. The lowest BCUT2D eigenvalue weighted by Crippen LogP contribution is -2.26. The van der Waals surface area contributed by atoms with Gasteiger partial charge in [0.25, 0.3) is 5.56 Å². The second-order valence-electron chi connectivity index (χ2n) is 8.75. The highest BCUT2D eigenvalue weighted by molar-refractivity contribution is 5.80. The van der Waals surface area contributed by atoms with E-state index in [1.807, 2.05) is 25.1 Å².